The average molecular weight is 1150 g/mol. The highest BCUT2D eigenvalue weighted by Crippen LogP contribution is 2.38. The van der Waals surface area contributed by atoms with E-state index in [1.54, 1.807) is 53.5 Å². The summed E-state index contributed by atoms with van der Waals surface area (Å²) in [4.78, 5) is 85.5. The molecule has 16 atom stereocenters. The summed E-state index contributed by atoms with van der Waals surface area (Å²) in [6.07, 6.45) is 14.4. The molecule has 3 saturated heterocycles. The number of allylic oxidation sites excluding steroid dienone is 5. The first-order chi connectivity index (χ1) is 39.1. The second kappa shape index (κ2) is 31.4. The molecule has 0 radical (unpaired) electrons. The van der Waals surface area contributed by atoms with E-state index in [2.05, 4.69) is 26.8 Å². The molecule has 458 valence electrons. The molecule has 4 aliphatic heterocycles. The number of hydrogen-bond donors (Lipinski definition) is 3. The van der Waals surface area contributed by atoms with Crippen LogP contribution in [0.3, 0.4) is 0 Å². The highest BCUT2D eigenvalue weighted by atomic mass is 16.6. The second-order valence-corrected chi connectivity index (χ2v) is 24.4. The van der Waals surface area contributed by atoms with Crippen LogP contribution in [-0.4, -0.2) is 186 Å². The first kappa shape index (κ1) is 66.4. The highest BCUT2D eigenvalue weighted by molar-refractivity contribution is 6.39. The minimum atomic E-state index is -2.45. The van der Waals surface area contributed by atoms with Crippen molar-refractivity contribution in [3.8, 4) is 0 Å². The molecule has 0 aromatic carbocycles. The molecule has 5 heterocycles. The maximum atomic E-state index is 14.7. The molecule has 19 nitrogen and oxygen atoms in total. The quantitative estimate of drug-likeness (QED) is 0.119. The SMILES string of the molecule is CO[C@H]1C[C@@H]2CC[C@@H](C)[C@@](O)(O2)C(=O)C(=O)N2CCCC[C@H]2C(=O)O[C@H]([C@H](C)C[C@@H]2CC[C@@H](OC(=O)CCc3cnc(N4CCN(C)CC4)nc3)[C@H](OC)C2)C[C@@H](O)[C@H](C)/C=C(\C)[C@@H](O)[C@@H](OC)C(=O)C(C)C[C@H](C)/C=C/C=C/C=C/1C. The highest BCUT2D eigenvalue weighted by Gasteiger charge is 2.53. The number of carbonyl (C=O) groups is 5. The molecule has 1 aromatic heterocycles. The third-order valence-corrected chi connectivity index (χ3v) is 18.0. The maximum Gasteiger partial charge on any atom is 0.329 e. The van der Waals surface area contributed by atoms with E-state index in [1.165, 1.54) is 12.0 Å². The molecule has 1 amide bonds. The number of hydrogen-bond acceptors (Lipinski definition) is 18. The lowest BCUT2D eigenvalue weighted by molar-refractivity contribution is -0.265. The number of ether oxygens (including phenoxy) is 6. The predicted octanol–water partition coefficient (Wildman–Crippen LogP) is 6.70. The normalized spacial score (nSPS) is 36.7. The number of fused-ring (bicyclic) bond motifs is 3. The first-order valence-corrected chi connectivity index (χ1v) is 30.1. The number of anilines is 1. The largest absolute Gasteiger partial charge is 0.460 e. The van der Waals surface area contributed by atoms with Crippen molar-refractivity contribution < 1.29 is 67.7 Å². The van der Waals surface area contributed by atoms with Gasteiger partial charge in [-0.1, -0.05) is 71.1 Å². The summed E-state index contributed by atoms with van der Waals surface area (Å²) in [6.45, 7) is 16.5. The van der Waals surface area contributed by atoms with Gasteiger partial charge in [-0.25, -0.2) is 14.8 Å². The molecular formula is C63H97N5O14. The molecule has 1 saturated carbocycles. The smallest absolute Gasteiger partial charge is 0.329 e. The van der Waals surface area contributed by atoms with Crippen molar-refractivity contribution in [2.45, 2.75) is 199 Å². The summed E-state index contributed by atoms with van der Waals surface area (Å²) in [5, 5.41) is 35.7. The number of cyclic esters (lactones) is 1. The minimum Gasteiger partial charge on any atom is -0.460 e. The number of aromatic nitrogens is 2. The van der Waals surface area contributed by atoms with E-state index in [9.17, 15) is 39.3 Å². The molecule has 19 heteroatoms. The number of likely N-dealkylation sites (N-methyl/N-ethyl adjacent to an activating group) is 1. The Morgan fingerprint density at radius 2 is 1.54 bits per heavy atom. The summed E-state index contributed by atoms with van der Waals surface area (Å²) < 4.78 is 36.2. The Kier molecular flexibility index (Phi) is 25.4. The van der Waals surface area contributed by atoms with Gasteiger partial charge >= 0.3 is 11.9 Å². The number of rotatable bonds is 11. The maximum absolute atomic E-state index is 14.7. The molecule has 82 heavy (non-hydrogen) atoms. The van der Waals surface area contributed by atoms with Gasteiger partial charge in [-0.05, 0) is 126 Å². The van der Waals surface area contributed by atoms with Gasteiger partial charge in [-0.2, -0.15) is 0 Å². The second-order valence-electron chi connectivity index (χ2n) is 24.4. The van der Waals surface area contributed by atoms with Crippen molar-refractivity contribution in [3.05, 3.63) is 65.6 Å². The number of methoxy groups -OCH3 is 3. The van der Waals surface area contributed by atoms with Crippen LogP contribution in [0.2, 0.25) is 0 Å². The van der Waals surface area contributed by atoms with E-state index in [0.29, 0.717) is 82.2 Å². The van der Waals surface area contributed by atoms with Crippen molar-refractivity contribution in [2.24, 2.45) is 35.5 Å². The van der Waals surface area contributed by atoms with Crippen LogP contribution >= 0.6 is 0 Å². The monoisotopic (exact) mass is 1150 g/mol. The van der Waals surface area contributed by atoms with Gasteiger partial charge in [0, 0.05) is 103 Å². The summed E-state index contributed by atoms with van der Waals surface area (Å²) in [7, 11) is 6.67. The number of Topliss-reactive ketones (excluding diaryl/α,β-unsaturated/α-hetero) is 2. The Morgan fingerprint density at radius 3 is 2.22 bits per heavy atom. The molecule has 1 aliphatic carbocycles. The molecule has 1 unspecified atom stereocenters. The van der Waals surface area contributed by atoms with Crippen molar-refractivity contribution in [2.75, 3.05) is 66.0 Å². The molecule has 3 N–H and O–H groups in total. The number of nitrogens with zero attached hydrogens (tertiary/aromatic N) is 5. The number of aliphatic hydroxyl groups is 3. The van der Waals surface area contributed by atoms with E-state index in [1.807, 2.05) is 58.1 Å². The predicted molar refractivity (Wildman–Crippen MR) is 310 cm³/mol. The average Bonchev–Trinajstić information content (AvgIpc) is 3.54. The van der Waals surface area contributed by atoms with Crippen LogP contribution in [0, 0.1) is 35.5 Å². The van der Waals surface area contributed by atoms with Crippen LogP contribution in [0.15, 0.2) is 60.0 Å². The summed E-state index contributed by atoms with van der Waals surface area (Å²) in [5.41, 5.74) is 2.15. The van der Waals surface area contributed by atoms with Gasteiger partial charge in [0.2, 0.25) is 11.7 Å². The van der Waals surface area contributed by atoms with Crippen LogP contribution < -0.4 is 4.90 Å². The Morgan fingerprint density at radius 1 is 0.817 bits per heavy atom. The Hall–Kier alpha value is -4.73. The van der Waals surface area contributed by atoms with Gasteiger partial charge in [0.25, 0.3) is 11.7 Å². The number of esters is 2. The summed E-state index contributed by atoms with van der Waals surface area (Å²) in [5.74, 6) is -7.29. The van der Waals surface area contributed by atoms with E-state index < -0.39 is 96.1 Å². The van der Waals surface area contributed by atoms with Gasteiger partial charge in [0.05, 0.1) is 24.4 Å². The van der Waals surface area contributed by atoms with Gasteiger partial charge in [0.15, 0.2) is 5.78 Å². The van der Waals surface area contributed by atoms with Crippen molar-refractivity contribution in [1.29, 1.82) is 0 Å². The lowest BCUT2D eigenvalue weighted by Crippen LogP contribution is -2.61. The lowest BCUT2D eigenvalue weighted by atomic mass is 9.78. The fourth-order valence-electron chi connectivity index (χ4n) is 12.5. The third-order valence-electron chi connectivity index (χ3n) is 18.0. The molecule has 2 bridgehead atoms. The van der Waals surface area contributed by atoms with E-state index >= 15 is 0 Å². The Labute approximate surface area is 487 Å². The third kappa shape index (κ3) is 17.9. The minimum absolute atomic E-state index is 0.0115. The van der Waals surface area contributed by atoms with E-state index in [-0.39, 0.29) is 55.3 Å². The van der Waals surface area contributed by atoms with Crippen LogP contribution in [0.25, 0.3) is 0 Å². The van der Waals surface area contributed by atoms with Crippen LogP contribution in [-0.2, 0) is 58.8 Å². The van der Waals surface area contributed by atoms with Crippen LogP contribution in [0.1, 0.15) is 138 Å². The zero-order valence-corrected chi connectivity index (χ0v) is 50.8. The van der Waals surface area contributed by atoms with Gasteiger partial charge in [-0.3, -0.25) is 19.2 Å². The number of aliphatic hydroxyl groups excluding tert-OH is 2. The first-order valence-electron chi connectivity index (χ1n) is 30.1. The standard InChI is InChI=1S/C63H97N5O14/c1-39-17-13-12-14-18-40(2)52(77-9)35-48-23-20-45(7)63(76,82-48)59(73)60(74)68-26-16-15-19-49(68)61(75)81-53(36-50(69)41(3)32-44(6)57(72)58(79-11)56(71)43(5)31-39)42(4)33-46-21-24-51(54(34-46)78-10)80-55(70)25-22-47-37-64-62(65-38-47)67-29-27-66(8)28-30-67/h12-14,17-18,32,37-39,41-43,45-46,48-54,57-58,69,72,76H,15-16,19-31,33-36H2,1-11H3/b14-12+,17-13+,40-18+,44-32+/t39-,41-,42-,43?,45-,46+,48+,49+,50-,51-,52+,53+,54-,57-,58+,63-/m1/s1. The number of ketones is 2. The van der Waals surface area contributed by atoms with E-state index in [0.717, 1.165) is 37.3 Å². The molecule has 1 aromatic rings. The topological polar surface area (TPSA) is 237 Å². The van der Waals surface area contributed by atoms with Gasteiger partial charge < -0.3 is 58.4 Å². The zero-order valence-electron chi connectivity index (χ0n) is 50.8. The van der Waals surface area contributed by atoms with Crippen LogP contribution in [0.5, 0.6) is 0 Å². The molecule has 5 aliphatic rings. The molecule has 0 spiro atoms. The Bertz CT molecular complexity index is 2390. The van der Waals surface area contributed by atoms with Gasteiger partial charge in [0.1, 0.15) is 30.5 Å². The number of piperidine rings is 1. The molecule has 6 rings (SSSR count). The van der Waals surface area contributed by atoms with Gasteiger partial charge in [-0.15, -0.1) is 0 Å². The molecular weight excluding hydrogens is 1050 g/mol. The fraction of sp³-hybridized carbons (Fsp3) is 0.730. The number of carbonyl (C=O) groups excluding carboxylic acids is 5. The van der Waals surface area contributed by atoms with Crippen molar-refractivity contribution >= 4 is 35.4 Å². The number of piperazine rings is 1. The van der Waals surface area contributed by atoms with Crippen molar-refractivity contribution in [3.63, 3.8) is 0 Å². The van der Waals surface area contributed by atoms with E-state index in [4.69, 9.17) is 28.4 Å². The summed E-state index contributed by atoms with van der Waals surface area (Å²) in [6, 6.07) is -1.15. The van der Waals surface area contributed by atoms with Crippen LogP contribution in [0.4, 0.5) is 5.95 Å². The zero-order chi connectivity index (χ0) is 59.8. The fourth-order valence-corrected chi connectivity index (χ4v) is 12.5. The van der Waals surface area contributed by atoms with Crippen molar-refractivity contribution in [1.82, 2.24) is 19.8 Å². The summed E-state index contributed by atoms with van der Waals surface area (Å²) >= 11 is 0. The molecule has 4 fully saturated rings. The number of aryl methyl sites for hydroxylation is 1. The lowest BCUT2D eigenvalue weighted by Gasteiger charge is -2.43. The Balaban J connectivity index is 1.20. The number of amides is 1.